The van der Waals surface area contributed by atoms with Crippen LogP contribution >= 0.6 is 0 Å². The zero-order chi connectivity index (χ0) is 8.55. The van der Waals surface area contributed by atoms with Crippen LogP contribution in [0.4, 0.5) is 0 Å². The molecule has 3 radical (unpaired) electrons. The van der Waals surface area contributed by atoms with Crippen LogP contribution in [0.5, 0.6) is 0 Å². The van der Waals surface area contributed by atoms with E-state index in [4.69, 9.17) is 7.74 Å². The van der Waals surface area contributed by atoms with Gasteiger partial charge in [-0.15, -0.1) is 0 Å². The smallest absolute Gasteiger partial charge is 0.0865 e. The fourth-order valence-corrected chi connectivity index (χ4v) is 2.12. The van der Waals surface area contributed by atoms with Crippen molar-refractivity contribution in [2.24, 2.45) is 0 Å². The maximum atomic E-state index is 5.61. The Kier molecular flexibility index (Phi) is 2.04. The average molecular weight is 151 g/mol. The fourth-order valence-electron chi connectivity index (χ4n) is 2.12. The van der Waals surface area contributed by atoms with Crippen LogP contribution < -0.4 is 5.46 Å². The molecule has 0 fully saturated rings. The second-order valence-corrected chi connectivity index (χ2v) is 3.60. The predicted molar refractivity (Wildman–Crippen MR) is 56.5 cm³/mol. The molecule has 0 N–H and O–H groups in total. The second-order valence-electron chi connectivity index (χ2n) is 3.60. The number of hydrogen-bond donors (Lipinski definition) is 0. The quantitative estimate of drug-likeness (QED) is 0.515. The Hall–Kier alpha value is -0.585. The second kappa shape index (κ2) is 3.04. The van der Waals surface area contributed by atoms with Gasteiger partial charge in [0, 0.05) is 14.8 Å². The van der Waals surface area contributed by atoms with Crippen molar-refractivity contribution in [3.8, 4) is 0 Å². The molecule has 1 aliphatic heterocycles. The van der Waals surface area contributed by atoms with Gasteiger partial charge in [-0.05, 0) is 6.42 Å². The first-order chi connectivity index (χ1) is 5.83. The van der Waals surface area contributed by atoms with E-state index in [2.05, 4.69) is 31.2 Å². The SMILES string of the molecule is [B][B]B1c2ccccc2CC1C. The van der Waals surface area contributed by atoms with Crippen molar-refractivity contribution in [1.29, 1.82) is 0 Å². The summed E-state index contributed by atoms with van der Waals surface area (Å²) >= 11 is 0. The normalized spacial score (nSPS) is 20.8. The Morgan fingerprint density at radius 1 is 1.50 bits per heavy atom. The first-order valence-electron chi connectivity index (χ1n) is 4.46. The summed E-state index contributed by atoms with van der Waals surface area (Å²) in [5, 5.41) is 0. The first-order valence-corrected chi connectivity index (χ1v) is 4.46. The largest absolute Gasteiger partial charge is 0.130 e. The van der Waals surface area contributed by atoms with Crippen molar-refractivity contribution in [2.75, 3.05) is 0 Å². The molecule has 0 aliphatic carbocycles. The predicted octanol–water partition coefficient (Wildman–Crippen LogP) is 0.619. The van der Waals surface area contributed by atoms with Gasteiger partial charge in [0.15, 0.2) is 0 Å². The fraction of sp³-hybridized carbons (Fsp3) is 0.333. The van der Waals surface area contributed by atoms with Crippen molar-refractivity contribution >= 4 is 26.9 Å². The topological polar surface area (TPSA) is 0 Å². The Bertz CT molecular complexity index is 285. The number of fused-ring (bicyclic) bond motifs is 1. The lowest BCUT2D eigenvalue weighted by molar-refractivity contribution is 0.934. The van der Waals surface area contributed by atoms with Gasteiger partial charge in [-0.3, -0.25) is 0 Å². The van der Waals surface area contributed by atoms with Gasteiger partial charge in [0.05, 0.1) is 0 Å². The highest BCUT2D eigenvalue weighted by atomic mass is 14.1. The molecular weight excluding hydrogens is 141 g/mol. The zero-order valence-corrected chi connectivity index (χ0v) is 7.33. The van der Waals surface area contributed by atoms with E-state index < -0.39 is 0 Å². The van der Waals surface area contributed by atoms with E-state index in [-0.39, 0.29) is 0 Å². The number of rotatable bonds is 1. The highest BCUT2D eigenvalue weighted by Crippen LogP contribution is 2.22. The van der Waals surface area contributed by atoms with Crippen molar-refractivity contribution < 1.29 is 0 Å². The van der Waals surface area contributed by atoms with Crippen LogP contribution in [-0.2, 0) is 6.42 Å². The summed E-state index contributed by atoms with van der Waals surface area (Å²) in [6.07, 6.45) is 1.18. The summed E-state index contributed by atoms with van der Waals surface area (Å²) < 4.78 is 0. The average Bonchev–Trinajstić information content (AvgIpc) is 2.40. The molecule has 12 heavy (non-hydrogen) atoms. The molecule has 2 rings (SSSR count). The molecular formula is C9H10B3. The highest BCUT2D eigenvalue weighted by Gasteiger charge is 2.29. The lowest BCUT2D eigenvalue weighted by Crippen LogP contribution is -2.36. The third-order valence-corrected chi connectivity index (χ3v) is 2.78. The molecule has 1 unspecified atom stereocenters. The van der Waals surface area contributed by atoms with Gasteiger partial charge < -0.3 is 0 Å². The van der Waals surface area contributed by atoms with Crippen LogP contribution in [0.3, 0.4) is 0 Å². The maximum absolute atomic E-state index is 5.61. The van der Waals surface area contributed by atoms with E-state index in [1.54, 1.807) is 0 Å². The molecule has 0 amide bonds. The Morgan fingerprint density at radius 2 is 2.25 bits per heavy atom. The van der Waals surface area contributed by atoms with Gasteiger partial charge in [-0.1, -0.05) is 48.0 Å². The lowest BCUT2D eigenvalue weighted by atomic mass is 9.10. The van der Waals surface area contributed by atoms with Crippen LogP contribution in [0.15, 0.2) is 24.3 Å². The maximum Gasteiger partial charge on any atom is 0.130 e. The van der Waals surface area contributed by atoms with Crippen LogP contribution in [-0.4, -0.2) is 21.4 Å². The summed E-state index contributed by atoms with van der Waals surface area (Å²) in [6, 6.07) is 8.58. The highest BCUT2D eigenvalue weighted by molar-refractivity contribution is 7.36. The van der Waals surface area contributed by atoms with Gasteiger partial charge in [-0.25, -0.2) is 0 Å². The Labute approximate surface area is 76.4 Å². The van der Waals surface area contributed by atoms with Crippen molar-refractivity contribution in [2.45, 2.75) is 19.2 Å². The third kappa shape index (κ3) is 1.12. The van der Waals surface area contributed by atoms with Gasteiger partial charge in [0.25, 0.3) is 0 Å². The van der Waals surface area contributed by atoms with E-state index in [1.807, 2.05) is 7.06 Å². The van der Waals surface area contributed by atoms with Crippen LogP contribution in [0.25, 0.3) is 0 Å². The first kappa shape index (κ1) is 8.03. The molecule has 1 atom stereocenters. The summed E-state index contributed by atoms with van der Waals surface area (Å²) in [4.78, 5) is 0. The van der Waals surface area contributed by atoms with Crippen LogP contribution in [0, 0.1) is 0 Å². The van der Waals surface area contributed by atoms with Crippen molar-refractivity contribution in [1.82, 2.24) is 0 Å². The summed E-state index contributed by atoms with van der Waals surface area (Å²) in [7, 11) is 7.44. The molecule has 3 heteroatoms. The molecule has 0 nitrogen and oxygen atoms in total. The Balaban J connectivity index is 2.40. The molecule has 0 saturated heterocycles. The minimum Gasteiger partial charge on any atom is -0.0865 e. The monoisotopic (exact) mass is 151 g/mol. The molecule has 1 aromatic carbocycles. The molecule has 0 bridgehead atoms. The molecule has 1 aliphatic rings. The van der Waals surface area contributed by atoms with Gasteiger partial charge in [-0.2, -0.15) is 0 Å². The molecule has 1 aromatic rings. The minimum absolute atomic E-state index is 0.473. The number of benzene rings is 1. The standard InChI is InChI=1S/C9H10B3/c1-7-6-8-4-2-3-5-9(8)12(7)11-10/h2-5,7H,6H2,1H3. The van der Waals surface area contributed by atoms with Crippen molar-refractivity contribution in [3.63, 3.8) is 0 Å². The minimum atomic E-state index is 0.473. The van der Waals surface area contributed by atoms with E-state index in [0.717, 1.165) is 0 Å². The summed E-state index contributed by atoms with van der Waals surface area (Å²) in [6.45, 7) is 2.73. The molecule has 55 valence electrons. The van der Waals surface area contributed by atoms with Crippen molar-refractivity contribution in [3.05, 3.63) is 29.8 Å². The molecule has 1 heterocycles. The molecule has 0 aromatic heterocycles. The summed E-state index contributed by atoms with van der Waals surface area (Å²) in [5.41, 5.74) is 2.89. The summed E-state index contributed by atoms with van der Waals surface area (Å²) in [5.74, 6) is 0.674. The third-order valence-electron chi connectivity index (χ3n) is 2.78. The van der Waals surface area contributed by atoms with E-state index in [0.29, 0.717) is 12.4 Å². The zero-order valence-electron chi connectivity index (χ0n) is 7.33. The lowest BCUT2D eigenvalue weighted by Gasteiger charge is -2.09. The van der Waals surface area contributed by atoms with E-state index in [1.165, 1.54) is 17.4 Å². The van der Waals surface area contributed by atoms with Gasteiger partial charge in [0.1, 0.15) is 6.60 Å². The van der Waals surface area contributed by atoms with Gasteiger partial charge in [0.2, 0.25) is 0 Å². The Morgan fingerprint density at radius 3 is 3.00 bits per heavy atom. The van der Waals surface area contributed by atoms with Crippen LogP contribution in [0.2, 0.25) is 5.82 Å². The number of hydrogen-bond acceptors (Lipinski definition) is 0. The van der Waals surface area contributed by atoms with E-state index >= 15 is 0 Å². The van der Waals surface area contributed by atoms with Crippen LogP contribution in [0.1, 0.15) is 12.5 Å². The van der Waals surface area contributed by atoms with Gasteiger partial charge >= 0.3 is 0 Å². The molecule has 0 spiro atoms. The van der Waals surface area contributed by atoms with E-state index in [9.17, 15) is 0 Å². The molecule has 0 saturated carbocycles.